The first-order valence-corrected chi connectivity index (χ1v) is 9.05. The molecule has 8 nitrogen and oxygen atoms in total. The molecule has 8 heteroatoms. The Bertz CT molecular complexity index is 1180. The van der Waals surface area contributed by atoms with Gasteiger partial charge in [-0.2, -0.15) is 5.26 Å². The number of benzene rings is 2. The van der Waals surface area contributed by atoms with Gasteiger partial charge >= 0.3 is 5.97 Å². The molecular weight excluding hydrogens is 384 g/mol. The van der Waals surface area contributed by atoms with Gasteiger partial charge in [-0.25, -0.2) is 9.78 Å². The minimum absolute atomic E-state index is 0.148. The number of aromatic nitrogens is 2. The number of methoxy groups -OCH3 is 1. The van der Waals surface area contributed by atoms with E-state index in [9.17, 15) is 20.0 Å². The van der Waals surface area contributed by atoms with Crippen molar-refractivity contribution in [3.8, 4) is 11.8 Å². The van der Waals surface area contributed by atoms with E-state index in [1.54, 1.807) is 30.1 Å². The number of carboxylic acids is 1. The SMILES string of the molecule is COc1c(C(=O)O)nc(N(C)C(c2ccccc2)c2cccc(C#N)c2)n(C)c1=O. The van der Waals surface area contributed by atoms with Crippen LogP contribution in [-0.2, 0) is 7.05 Å². The fourth-order valence-electron chi connectivity index (χ4n) is 3.38. The third-order valence-electron chi connectivity index (χ3n) is 4.78. The van der Waals surface area contributed by atoms with Gasteiger partial charge in [-0.1, -0.05) is 42.5 Å². The Labute approximate surface area is 173 Å². The van der Waals surface area contributed by atoms with Crippen LogP contribution < -0.4 is 15.2 Å². The molecule has 0 saturated carbocycles. The summed E-state index contributed by atoms with van der Waals surface area (Å²) in [5.74, 6) is -1.54. The minimum atomic E-state index is -1.36. The number of hydrogen-bond donors (Lipinski definition) is 1. The Morgan fingerprint density at radius 1 is 1.20 bits per heavy atom. The summed E-state index contributed by atoms with van der Waals surface area (Å²) in [5, 5.41) is 18.8. The van der Waals surface area contributed by atoms with Crippen molar-refractivity contribution >= 4 is 11.9 Å². The highest BCUT2D eigenvalue weighted by molar-refractivity contribution is 5.88. The van der Waals surface area contributed by atoms with Gasteiger partial charge < -0.3 is 14.7 Å². The molecule has 1 unspecified atom stereocenters. The molecule has 3 aromatic rings. The standard InChI is InChI=1S/C22H20N4O4/c1-25(22-24-17(21(28)29)19(30-3)20(27)26(22)2)18(15-9-5-4-6-10-15)16-11-7-8-14(12-16)13-23/h4-12,18H,1-3H3,(H,28,29). The predicted octanol–water partition coefficient (Wildman–Crippen LogP) is 2.58. The lowest BCUT2D eigenvalue weighted by Crippen LogP contribution is -2.34. The summed E-state index contributed by atoms with van der Waals surface area (Å²) in [6.07, 6.45) is 0. The molecule has 0 amide bonds. The molecule has 0 aliphatic heterocycles. The number of carbonyl (C=O) groups is 1. The predicted molar refractivity (Wildman–Crippen MR) is 111 cm³/mol. The lowest BCUT2D eigenvalue weighted by atomic mass is 9.96. The Hall–Kier alpha value is -4.12. The van der Waals surface area contributed by atoms with Gasteiger partial charge in [0.05, 0.1) is 24.8 Å². The molecule has 1 heterocycles. The molecular formula is C22H20N4O4. The molecule has 0 spiro atoms. The number of carboxylic acid groups (broad SMARTS) is 1. The molecule has 0 radical (unpaired) electrons. The maximum absolute atomic E-state index is 12.7. The van der Waals surface area contributed by atoms with Gasteiger partial charge in [0.25, 0.3) is 5.56 Å². The first kappa shape index (κ1) is 20.6. The number of anilines is 1. The molecule has 0 aliphatic carbocycles. The zero-order valence-corrected chi connectivity index (χ0v) is 16.7. The van der Waals surface area contributed by atoms with Crippen molar-refractivity contribution in [2.45, 2.75) is 6.04 Å². The number of nitriles is 1. The van der Waals surface area contributed by atoms with Crippen molar-refractivity contribution < 1.29 is 14.6 Å². The largest absolute Gasteiger partial charge is 0.489 e. The Balaban J connectivity index is 2.24. The summed E-state index contributed by atoms with van der Waals surface area (Å²) in [6.45, 7) is 0. The second-order valence-corrected chi connectivity index (χ2v) is 6.62. The monoisotopic (exact) mass is 404 g/mol. The molecule has 1 atom stereocenters. The minimum Gasteiger partial charge on any atom is -0.489 e. The maximum atomic E-state index is 12.7. The third-order valence-corrected chi connectivity index (χ3v) is 4.78. The van der Waals surface area contributed by atoms with Crippen molar-refractivity contribution in [3.63, 3.8) is 0 Å². The van der Waals surface area contributed by atoms with E-state index in [2.05, 4.69) is 11.1 Å². The molecule has 0 aliphatic rings. The van der Waals surface area contributed by atoms with Crippen molar-refractivity contribution in [1.29, 1.82) is 5.26 Å². The molecule has 152 valence electrons. The number of ether oxygens (including phenoxy) is 1. The fraction of sp³-hybridized carbons (Fsp3) is 0.182. The van der Waals surface area contributed by atoms with Crippen LogP contribution in [-0.4, -0.2) is 34.8 Å². The Morgan fingerprint density at radius 3 is 2.47 bits per heavy atom. The van der Waals surface area contributed by atoms with Gasteiger partial charge in [-0.05, 0) is 23.3 Å². The lowest BCUT2D eigenvalue weighted by molar-refractivity contribution is 0.0685. The molecule has 2 aromatic carbocycles. The fourth-order valence-corrected chi connectivity index (χ4v) is 3.38. The van der Waals surface area contributed by atoms with E-state index in [0.29, 0.717) is 5.56 Å². The van der Waals surface area contributed by atoms with E-state index in [-0.39, 0.29) is 11.7 Å². The van der Waals surface area contributed by atoms with Gasteiger partial charge in [0.1, 0.15) is 0 Å². The molecule has 1 aromatic heterocycles. The van der Waals surface area contributed by atoms with Crippen LogP contribution in [0, 0.1) is 11.3 Å². The van der Waals surface area contributed by atoms with Gasteiger partial charge in [-0.15, -0.1) is 0 Å². The summed E-state index contributed by atoms with van der Waals surface area (Å²) in [4.78, 5) is 30.3. The zero-order valence-electron chi connectivity index (χ0n) is 16.7. The van der Waals surface area contributed by atoms with E-state index in [4.69, 9.17) is 4.74 Å². The van der Waals surface area contributed by atoms with Gasteiger partial charge in [0.15, 0.2) is 5.69 Å². The van der Waals surface area contributed by atoms with Crippen molar-refractivity contribution in [2.24, 2.45) is 7.05 Å². The third kappa shape index (κ3) is 3.73. The summed E-state index contributed by atoms with van der Waals surface area (Å²) < 4.78 is 6.23. The average Bonchev–Trinajstić information content (AvgIpc) is 2.76. The van der Waals surface area contributed by atoms with Crippen LogP contribution in [0.2, 0.25) is 0 Å². The summed E-state index contributed by atoms with van der Waals surface area (Å²) in [6, 6.07) is 18.3. The average molecular weight is 404 g/mol. The van der Waals surface area contributed by atoms with Crippen LogP contribution in [0.5, 0.6) is 5.75 Å². The molecule has 30 heavy (non-hydrogen) atoms. The van der Waals surface area contributed by atoms with Crippen LogP contribution in [0.4, 0.5) is 5.95 Å². The lowest BCUT2D eigenvalue weighted by Gasteiger charge is -2.31. The van der Waals surface area contributed by atoms with E-state index < -0.39 is 23.3 Å². The smallest absolute Gasteiger partial charge is 0.358 e. The maximum Gasteiger partial charge on any atom is 0.358 e. The van der Waals surface area contributed by atoms with E-state index in [0.717, 1.165) is 11.1 Å². The van der Waals surface area contributed by atoms with Crippen molar-refractivity contribution in [2.75, 3.05) is 19.1 Å². The van der Waals surface area contributed by atoms with Crippen LogP contribution in [0.15, 0.2) is 59.4 Å². The highest BCUT2D eigenvalue weighted by Gasteiger charge is 2.27. The molecule has 1 N–H and O–H groups in total. The van der Waals surface area contributed by atoms with Gasteiger partial charge in [0.2, 0.25) is 11.7 Å². The van der Waals surface area contributed by atoms with E-state index in [1.165, 1.54) is 18.7 Å². The number of aromatic carboxylic acids is 1. The topological polar surface area (TPSA) is 108 Å². The van der Waals surface area contributed by atoms with Gasteiger partial charge in [-0.3, -0.25) is 9.36 Å². The molecule has 0 fully saturated rings. The highest BCUT2D eigenvalue weighted by Crippen LogP contribution is 2.31. The molecule has 0 saturated heterocycles. The van der Waals surface area contributed by atoms with E-state index >= 15 is 0 Å². The number of hydrogen-bond acceptors (Lipinski definition) is 6. The number of rotatable bonds is 6. The number of nitrogens with zero attached hydrogens (tertiary/aromatic N) is 4. The highest BCUT2D eigenvalue weighted by atomic mass is 16.5. The van der Waals surface area contributed by atoms with Crippen molar-refractivity contribution in [1.82, 2.24) is 9.55 Å². The van der Waals surface area contributed by atoms with E-state index in [1.807, 2.05) is 36.4 Å². The summed E-state index contributed by atoms with van der Waals surface area (Å²) in [5.41, 5.74) is 1.11. The summed E-state index contributed by atoms with van der Waals surface area (Å²) >= 11 is 0. The Kier molecular flexibility index (Phi) is 5.83. The second kappa shape index (κ2) is 8.49. The van der Waals surface area contributed by atoms with Crippen LogP contribution >= 0.6 is 0 Å². The zero-order chi connectivity index (χ0) is 21.8. The second-order valence-electron chi connectivity index (χ2n) is 6.62. The normalized spacial score (nSPS) is 11.4. The first-order valence-electron chi connectivity index (χ1n) is 9.05. The van der Waals surface area contributed by atoms with Crippen LogP contribution in [0.25, 0.3) is 0 Å². The molecule has 3 rings (SSSR count). The summed E-state index contributed by atoms with van der Waals surface area (Å²) in [7, 11) is 4.45. The Morgan fingerprint density at radius 2 is 1.87 bits per heavy atom. The van der Waals surface area contributed by atoms with Gasteiger partial charge in [0, 0.05) is 14.1 Å². The molecule has 0 bridgehead atoms. The first-order chi connectivity index (χ1) is 14.4. The van der Waals surface area contributed by atoms with Crippen molar-refractivity contribution in [3.05, 3.63) is 87.3 Å². The van der Waals surface area contributed by atoms with Crippen LogP contribution in [0.3, 0.4) is 0 Å². The van der Waals surface area contributed by atoms with Crippen LogP contribution in [0.1, 0.15) is 33.2 Å². The quantitative estimate of drug-likeness (QED) is 0.673.